The Kier molecular flexibility index (Phi) is 6.57. The molecule has 2 aromatic rings. The predicted molar refractivity (Wildman–Crippen MR) is 91.9 cm³/mol. The van der Waals surface area contributed by atoms with Crippen molar-refractivity contribution in [1.82, 2.24) is 10.6 Å². The minimum atomic E-state index is -0.524. The second-order valence-electron chi connectivity index (χ2n) is 4.15. The molecule has 0 aliphatic heterocycles. The summed E-state index contributed by atoms with van der Waals surface area (Å²) < 4.78 is 0. The zero-order valence-corrected chi connectivity index (χ0v) is 14.4. The maximum absolute atomic E-state index is 11.7. The molecule has 22 heavy (non-hydrogen) atoms. The van der Waals surface area contributed by atoms with Crippen molar-refractivity contribution < 1.29 is 9.59 Å². The molecule has 8 heteroatoms. The van der Waals surface area contributed by atoms with Crippen LogP contribution in [0.15, 0.2) is 40.6 Å². The summed E-state index contributed by atoms with van der Waals surface area (Å²) in [5.74, 6) is -0.361. The molecule has 1 aromatic carbocycles. The smallest absolute Gasteiger partial charge is 0.321 e. The lowest BCUT2D eigenvalue weighted by Crippen LogP contribution is -2.39. The summed E-state index contributed by atoms with van der Waals surface area (Å²) >= 11 is 14.7. The number of amides is 3. The number of hydrogen-bond acceptors (Lipinski definition) is 4. The average molecular weight is 375 g/mol. The Hall–Kier alpha value is -1.21. The lowest BCUT2D eigenvalue weighted by molar-refractivity contribution is -0.117. The van der Waals surface area contributed by atoms with Crippen LogP contribution in [0.5, 0.6) is 0 Å². The standard InChI is InChI=1S/C14H12Cl2N2O2S2/c15-10-4-1-5-11(16)13(10)22-8-12(19)18-14(20)17-7-9-3-2-6-21-9/h1-6H,7-8H2,(H2,17,18,19,20). The fraction of sp³-hybridized carbons (Fsp3) is 0.143. The van der Waals surface area contributed by atoms with E-state index < -0.39 is 11.9 Å². The van der Waals surface area contributed by atoms with Crippen molar-refractivity contribution in [3.63, 3.8) is 0 Å². The van der Waals surface area contributed by atoms with E-state index in [1.807, 2.05) is 17.5 Å². The third-order valence-corrected chi connectivity index (χ3v) is 5.39. The first-order valence-electron chi connectivity index (χ1n) is 6.23. The second kappa shape index (κ2) is 8.43. The van der Waals surface area contributed by atoms with Gasteiger partial charge in [0.1, 0.15) is 0 Å². The highest BCUT2D eigenvalue weighted by Crippen LogP contribution is 2.33. The van der Waals surface area contributed by atoms with E-state index in [1.165, 1.54) is 23.1 Å². The molecule has 1 heterocycles. The molecule has 0 saturated heterocycles. The van der Waals surface area contributed by atoms with Crippen molar-refractivity contribution in [1.29, 1.82) is 0 Å². The number of thioether (sulfide) groups is 1. The average Bonchev–Trinajstić information content (AvgIpc) is 2.98. The third kappa shape index (κ3) is 5.21. The Balaban J connectivity index is 1.76. The van der Waals surface area contributed by atoms with Gasteiger partial charge in [-0.15, -0.1) is 23.1 Å². The summed E-state index contributed by atoms with van der Waals surface area (Å²) in [7, 11) is 0. The normalized spacial score (nSPS) is 10.3. The number of rotatable bonds is 5. The number of hydrogen-bond donors (Lipinski definition) is 2. The fourth-order valence-electron chi connectivity index (χ4n) is 1.55. The van der Waals surface area contributed by atoms with Crippen LogP contribution < -0.4 is 10.6 Å². The highest BCUT2D eigenvalue weighted by atomic mass is 35.5. The summed E-state index contributed by atoms with van der Waals surface area (Å²) in [5.41, 5.74) is 0. The summed E-state index contributed by atoms with van der Waals surface area (Å²) in [6, 6.07) is 8.40. The highest BCUT2D eigenvalue weighted by molar-refractivity contribution is 8.00. The first-order valence-corrected chi connectivity index (χ1v) is 8.85. The molecule has 0 fully saturated rings. The van der Waals surface area contributed by atoms with Crippen LogP contribution >= 0.6 is 46.3 Å². The Bertz CT molecular complexity index is 643. The number of halogens is 2. The zero-order chi connectivity index (χ0) is 15.9. The van der Waals surface area contributed by atoms with Gasteiger partial charge in [0.25, 0.3) is 0 Å². The van der Waals surface area contributed by atoms with Crippen molar-refractivity contribution >= 4 is 58.2 Å². The van der Waals surface area contributed by atoms with Gasteiger partial charge in [-0.2, -0.15) is 0 Å². The van der Waals surface area contributed by atoms with Crippen molar-refractivity contribution in [2.75, 3.05) is 5.75 Å². The molecule has 0 saturated carbocycles. The molecule has 116 valence electrons. The van der Waals surface area contributed by atoms with E-state index in [0.717, 1.165) is 4.88 Å². The predicted octanol–water partition coefficient (Wildman–Crippen LogP) is 4.17. The van der Waals surface area contributed by atoms with E-state index in [4.69, 9.17) is 23.2 Å². The first-order chi connectivity index (χ1) is 10.6. The van der Waals surface area contributed by atoms with Crippen LogP contribution in [0.2, 0.25) is 10.0 Å². The number of imide groups is 1. The second-order valence-corrected chi connectivity index (χ2v) is 6.98. The Morgan fingerprint density at radius 3 is 2.50 bits per heavy atom. The van der Waals surface area contributed by atoms with Gasteiger partial charge in [-0.1, -0.05) is 35.3 Å². The maximum Gasteiger partial charge on any atom is 0.321 e. The zero-order valence-electron chi connectivity index (χ0n) is 11.3. The number of thiophene rings is 1. The molecular formula is C14H12Cl2N2O2S2. The van der Waals surface area contributed by atoms with Crippen molar-refractivity contribution in [3.8, 4) is 0 Å². The van der Waals surface area contributed by atoms with Crippen LogP contribution in [-0.2, 0) is 11.3 Å². The summed E-state index contributed by atoms with van der Waals surface area (Å²) in [6.07, 6.45) is 0. The highest BCUT2D eigenvalue weighted by Gasteiger charge is 2.11. The lowest BCUT2D eigenvalue weighted by Gasteiger charge is -2.07. The number of benzene rings is 1. The third-order valence-electron chi connectivity index (χ3n) is 2.52. The van der Waals surface area contributed by atoms with Crippen LogP contribution in [-0.4, -0.2) is 17.7 Å². The van der Waals surface area contributed by atoms with Crippen molar-refractivity contribution in [3.05, 3.63) is 50.6 Å². The van der Waals surface area contributed by atoms with Gasteiger partial charge in [0.15, 0.2) is 0 Å². The molecule has 2 rings (SSSR count). The molecule has 0 aliphatic carbocycles. The van der Waals surface area contributed by atoms with Crippen molar-refractivity contribution in [2.45, 2.75) is 11.4 Å². The monoisotopic (exact) mass is 374 g/mol. The van der Waals surface area contributed by atoms with E-state index in [1.54, 1.807) is 18.2 Å². The van der Waals surface area contributed by atoms with Gasteiger partial charge < -0.3 is 5.32 Å². The van der Waals surface area contributed by atoms with E-state index in [9.17, 15) is 9.59 Å². The summed E-state index contributed by atoms with van der Waals surface area (Å²) in [6.45, 7) is 0.389. The van der Waals surface area contributed by atoms with Gasteiger partial charge in [0.05, 0.1) is 22.3 Å². The van der Waals surface area contributed by atoms with Gasteiger partial charge in [-0.25, -0.2) is 4.79 Å². The van der Waals surface area contributed by atoms with E-state index >= 15 is 0 Å². The maximum atomic E-state index is 11.7. The SMILES string of the molecule is O=C(CSc1c(Cl)cccc1Cl)NC(=O)NCc1cccs1. The van der Waals surface area contributed by atoms with Crippen LogP contribution in [0.4, 0.5) is 4.79 Å². The Morgan fingerprint density at radius 2 is 1.86 bits per heavy atom. The van der Waals surface area contributed by atoms with Gasteiger partial charge in [-0.05, 0) is 23.6 Å². The molecule has 0 atom stereocenters. The molecule has 0 unspecified atom stereocenters. The number of nitrogens with one attached hydrogen (secondary N) is 2. The van der Waals surface area contributed by atoms with Crippen LogP contribution in [0.1, 0.15) is 4.88 Å². The van der Waals surface area contributed by atoms with Crippen LogP contribution in [0, 0.1) is 0 Å². The minimum absolute atomic E-state index is 0.0515. The topological polar surface area (TPSA) is 58.2 Å². The molecule has 1 aromatic heterocycles. The van der Waals surface area contributed by atoms with Gasteiger partial charge >= 0.3 is 6.03 Å². The van der Waals surface area contributed by atoms with Gasteiger partial charge in [0.2, 0.25) is 5.91 Å². The number of carbonyl (C=O) groups excluding carboxylic acids is 2. The molecule has 2 N–H and O–H groups in total. The van der Waals surface area contributed by atoms with Gasteiger partial charge in [-0.3, -0.25) is 10.1 Å². The van der Waals surface area contributed by atoms with Crippen LogP contribution in [0.25, 0.3) is 0 Å². The quantitative estimate of drug-likeness (QED) is 0.771. The van der Waals surface area contributed by atoms with Crippen molar-refractivity contribution in [2.24, 2.45) is 0 Å². The minimum Gasteiger partial charge on any atom is -0.333 e. The largest absolute Gasteiger partial charge is 0.333 e. The molecular weight excluding hydrogens is 363 g/mol. The fourth-order valence-corrected chi connectivity index (χ4v) is 3.67. The molecule has 0 radical (unpaired) electrons. The Morgan fingerprint density at radius 1 is 1.14 bits per heavy atom. The number of carbonyl (C=O) groups is 2. The molecule has 4 nitrogen and oxygen atoms in total. The lowest BCUT2D eigenvalue weighted by atomic mass is 10.4. The first kappa shape index (κ1) is 17.1. The van der Waals surface area contributed by atoms with Gasteiger partial charge in [0, 0.05) is 9.77 Å². The molecule has 3 amide bonds. The Labute approximate surface area is 146 Å². The van der Waals surface area contributed by atoms with E-state index in [-0.39, 0.29) is 5.75 Å². The molecule has 0 aliphatic rings. The van der Waals surface area contributed by atoms with E-state index in [0.29, 0.717) is 21.5 Å². The molecule has 0 spiro atoms. The summed E-state index contributed by atoms with van der Waals surface area (Å²) in [5, 5.41) is 7.75. The summed E-state index contributed by atoms with van der Waals surface area (Å²) in [4.78, 5) is 25.0. The van der Waals surface area contributed by atoms with E-state index in [2.05, 4.69) is 10.6 Å². The molecule has 0 bridgehead atoms. The number of urea groups is 1. The van der Waals surface area contributed by atoms with Crippen LogP contribution in [0.3, 0.4) is 0 Å².